The van der Waals surface area contributed by atoms with Crippen LogP contribution in [0.1, 0.15) is 130 Å². The maximum Gasteiger partial charge on any atom is 0.226 e. The zero-order chi connectivity index (χ0) is 29.2. The predicted octanol–water partition coefficient (Wildman–Crippen LogP) is 5.80. The highest BCUT2D eigenvalue weighted by Gasteiger charge is 2.46. The van der Waals surface area contributed by atoms with Crippen LogP contribution >= 0.6 is 0 Å². The molecule has 1 unspecified atom stereocenters. The summed E-state index contributed by atoms with van der Waals surface area (Å²) in [5.41, 5.74) is -0.305. The van der Waals surface area contributed by atoms with Gasteiger partial charge in [-0.05, 0) is 134 Å². The molecule has 5 aliphatic rings. The van der Waals surface area contributed by atoms with E-state index in [4.69, 9.17) is 4.74 Å². The number of rotatable bonds is 10. The fourth-order valence-corrected chi connectivity index (χ4v) is 10.7. The second-order valence-electron chi connectivity index (χ2n) is 15.0. The van der Waals surface area contributed by atoms with Crippen LogP contribution in [0.3, 0.4) is 0 Å². The summed E-state index contributed by atoms with van der Waals surface area (Å²) in [6.45, 7) is 7.57. The Balaban J connectivity index is 1.09. The van der Waals surface area contributed by atoms with Crippen molar-refractivity contribution in [2.24, 2.45) is 23.7 Å². The van der Waals surface area contributed by atoms with Crippen molar-refractivity contribution in [1.29, 1.82) is 0 Å². The lowest BCUT2D eigenvalue weighted by atomic mass is 9.79. The molecule has 1 saturated heterocycles. The Morgan fingerprint density at radius 1 is 0.829 bits per heavy atom. The van der Waals surface area contributed by atoms with Crippen molar-refractivity contribution in [2.75, 3.05) is 12.4 Å². The van der Waals surface area contributed by atoms with E-state index in [0.717, 1.165) is 89.6 Å². The topological polar surface area (TPSA) is 92.8 Å². The first-order valence-electron chi connectivity index (χ1n) is 17.0. The van der Waals surface area contributed by atoms with Gasteiger partial charge in [0, 0.05) is 31.0 Å². The first-order chi connectivity index (χ1) is 19.5. The number of sulfone groups is 1. The number of carbonyl (C=O) groups excluding carboxylic acids is 2. The summed E-state index contributed by atoms with van der Waals surface area (Å²) in [7, 11) is -2.98. The molecular formula is C33H56N2O5S. The standard InChI is InChI=1S/C33H56N2O5S/c1-23-6-16-28(17-7-23)35(33(2,3)30-5-4-20-40-30)32(37)26-12-14-27(15-13-26)34-31(36)21-24-10-18-29(19-11-24)41(38,39)22-25-8-9-25/h23-30H,4-22H2,1-3H3,(H,34,36). The summed E-state index contributed by atoms with van der Waals surface area (Å²) >= 11 is 0. The Labute approximate surface area is 249 Å². The van der Waals surface area contributed by atoms with E-state index in [2.05, 4.69) is 31.0 Å². The third kappa shape index (κ3) is 7.87. The summed E-state index contributed by atoms with van der Waals surface area (Å²) < 4.78 is 31.5. The van der Waals surface area contributed by atoms with Crippen molar-refractivity contribution in [3.8, 4) is 0 Å². The summed E-state index contributed by atoms with van der Waals surface area (Å²) in [5.74, 6) is 2.23. The van der Waals surface area contributed by atoms with Crippen molar-refractivity contribution in [1.82, 2.24) is 10.2 Å². The van der Waals surface area contributed by atoms with Crippen molar-refractivity contribution in [3.05, 3.63) is 0 Å². The lowest BCUT2D eigenvalue weighted by Crippen LogP contribution is -2.61. The maximum atomic E-state index is 14.2. The van der Waals surface area contributed by atoms with E-state index in [9.17, 15) is 18.0 Å². The van der Waals surface area contributed by atoms with Gasteiger partial charge in [0.05, 0.1) is 22.6 Å². The van der Waals surface area contributed by atoms with Crippen LogP contribution in [0.4, 0.5) is 0 Å². The molecule has 0 bridgehead atoms. The van der Waals surface area contributed by atoms with Crippen molar-refractivity contribution in [3.63, 3.8) is 0 Å². The Morgan fingerprint density at radius 3 is 2.05 bits per heavy atom. The molecule has 1 N–H and O–H groups in total. The molecule has 41 heavy (non-hydrogen) atoms. The second kappa shape index (κ2) is 13.2. The third-order valence-electron chi connectivity index (χ3n) is 11.3. The highest BCUT2D eigenvalue weighted by molar-refractivity contribution is 7.92. The van der Waals surface area contributed by atoms with E-state index in [0.29, 0.717) is 42.9 Å². The van der Waals surface area contributed by atoms with Crippen LogP contribution in [0, 0.1) is 23.7 Å². The molecule has 0 radical (unpaired) electrons. The molecule has 0 aromatic rings. The van der Waals surface area contributed by atoms with Crippen LogP contribution in [0.2, 0.25) is 0 Å². The molecule has 1 aliphatic heterocycles. The minimum Gasteiger partial charge on any atom is -0.376 e. The Bertz CT molecular complexity index is 995. The van der Waals surface area contributed by atoms with Crippen LogP contribution < -0.4 is 5.32 Å². The minimum atomic E-state index is -2.98. The Kier molecular flexibility index (Phi) is 10.1. The summed E-state index contributed by atoms with van der Waals surface area (Å²) in [6.07, 6.45) is 15.8. The van der Waals surface area contributed by atoms with Gasteiger partial charge < -0.3 is 15.0 Å². The molecule has 7 nitrogen and oxygen atoms in total. The first-order valence-corrected chi connectivity index (χ1v) is 18.7. The number of hydrogen-bond donors (Lipinski definition) is 1. The van der Waals surface area contributed by atoms with Crippen LogP contribution in [0.15, 0.2) is 0 Å². The average molecular weight is 593 g/mol. The van der Waals surface area contributed by atoms with Gasteiger partial charge in [-0.2, -0.15) is 0 Å². The molecule has 234 valence electrons. The summed E-state index contributed by atoms with van der Waals surface area (Å²) in [4.78, 5) is 29.4. The predicted molar refractivity (Wildman–Crippen MR) is 162 cm³/mol. The van der Waals surface area contributed by atoms with E-state index in [1.807, 2.05) is 0 Å². The Hall–Kier alpha value is -1.15. The average Bonchev–Trinajstić information content (AvgIpc) is 3.55. The summed E-state index contributed by atoms with van der Waals surface area (Å²) in [5, 5.41) is 3.07. The molecule has 0 aromatic carbocycles. The first kappa shape index (κ1) is 31.3. The largest absolute Gasteiger partial charge is 0.376 e. The van der Waals surface area contributed by atoms with Gasteiger partial charge in [-0.3, -0.25) is 9.59 Å². The zero-order valence-corrected chi connectivity index (χ0v) is 26.8. The van der Waals surface area contributed by atoms with Crippen LogP contribution in [-0.4, -0.2) is 66.5 Å². The second-order valence-corrected chi connectivity index (χ2v) is 17.3. The third-order valence-corrected chi connectivity index (χ3v) is 13.7. The van der Waals surface area contributed by atoms with Crippen LogP contribution in [0.5, 0.6) is 0 Å². The molecule has 0 spiro atoms. The van der Waals surface area contributed by atoms with Gasteiger partial charge in [0.2, 0.25) is 11.8 Å². The van der Waals surface area contributed by atoms with Crippen LogP contribution in [-0.2, 0) is 24.2 Å². The van der Waals surface area contributed by atoms with Crippen molar-refractivity contribution >= 4 is 21.7 Å². The highest BCUT2D eigenvalue weighted by atomic mass is 32.2. The quantitative estimate of drug-likeness (QED) is 0.346. The van der Waals surface area contributed by atoms with Gasteiger partial charge in [0.25, 0.3) is 0 Å². The molecule has 1 atom stereocenters. The van der Waals surface area contributed by atoms with Gasteiger partial charge in [0.1, 0.15) is 0 Å². The van der Waals surface area contributed by atoms with E-state index in [1.54, 1.807) is 0 Å². The maximum absolute atomic E-state index is 14.2. The molecule has 5 rings (SSSR count). The number of nitrogens with zero attached hydrogens (tertiary/aromatic N) is 1. The monoisotopic (exact) mass is 592 g/mol. The van der Waals surface area contributed by atoms with Gasteiger partial charge in [-0.1, -0.05) is 6.92 Å². The molecule has 0 aromatic heterocycles. The van der Waals surface area contributed by atoms with Gasteiger partial charge in [0.15, 0.2) is 9.84 Å². The number of hydrogen-bond acceptors (Lipinski definition) is 5. The minimum absolute atomic E-state index is 0.0241. The fourth-order valence-electron chi connectivity index (χ4n) is 8.40. The van der Waals surface area contributed by atoms with Crippen molar-refractivity contribution in [2.45, 2.75) is 159 Å². The molecule has 4 aliphatic carbocycles. The number of nitrogens with one attached hydrogen (secondary N) is 1. The van der Waals surface area contributed by atoms with Gasteiger partial charge in [-0.25, -0.2) is 8.42 Å². The zero-order valence-electron chi connectivity index (χ0n) is 26.0. The Morgan fingerprint density at radius 2 is 1.46 bits per heavy atom. The number of carbonyl (C=O) groups is 2. The fraction of sp³-hybridized carbons (Fsp3) is 0.939. The number of ether oxygens (including phenoxy) is 1. The van der Waals surface area contributed by atoms with E-state index < -0.39 is 9.84 Å². The van der Waals surface area contributed by atoms with Crippen LogP contribution in [0.25, 0.3) is 0 Å². The molecular weight excluding hydrogens is 536 g/mol. The number of amides is 2. The van der Waals surface area contributed by atoms with Gasteiger partial charge in [-0.15, -0.1) is 0 Å². The molecule has 8 heteroatoms. The normalized spacial score (nSPS) is 35.1. The van der Waals surface area contributed by atoms with Crippen molar-refractivity contribution < 1.29 is 22.7 Å². The lowest BCUT2D eigenvalue weighted by Gasteiger charge is -2.50. The van der Waals surface area contributed by atoms with Gasteiger partial charge >= 0.3 is 0 Å². The summed E-state index contributed by atoms with van der Waals surface area (Å²) in [6, 6.07) is 0.436. The molecule has 5 fully saturated rings. The smallest absolute Gasteiger partial charge is 0.226 e. The van der Waals surface area contributed by atoms with E-state index in [-0.39, 0.29) is 40.7 Å². The van der Waals surface area contributed by atoms with E-state index in [1.165, 1.54) is 12.8 Å². The molecule has 4 saturated carbocycles. The SMILES string of the molecule is CC1CCC(N(C(=O)C2CCC(NC(=O)CC3CCC(S(=O)(=O)CC4CC4)CC3)CC2)C(C)(C)C2CCCO2)CC1. The lowest BCUT2D eigenvalue weighted by molar-refractivity contribution is -0.153. The molecule has 1 heterocycles. The molecule has 2 amide bonds. The van der Waals surface area contributed by atoms with E-state index >= 15 is 0 Å². The highest BCUT2D eigenvalue weighted by Crippen LogP contribution is 2.39.